The zero-order valence-corrected chi connectivity index (χ0v) is 9.91. The number of rotatable bonds is 2. The van der Waals surface area contributed by atoms with Gasteiger partial charge >= 0.3 is 0 Å². The highest BCUT2D eigenvalue weighted by Gasteiger charge is 2.26. The van der Waals surface area contributed by atoms with Crippen LogP contribution in [0.4, 0.5) is 0 Å². The molecule has 0 aliphatic carbocycles. The highest BCUT2D eigenvalue weighted by atomic mass is 35.5. The van der Waals surface area contributed by atoms with E-state index in [2.05, 4.69) is 28.7 Å². The molecule has 0 amide bonds. The van der Waals surface area contributed by atoms with E-state index in [0.29, 0.717) is 11.2 Å². The summed E-state index contributed by atoms with van der Waals surface area (Å²) in [4.78, 5) is 10.8. The van der Waals surface area contributed by atoms with E-state index in [4.69, 9.17) is 11.6 Å². The van der Waals surface area contributed by atoms with Gasteiger partial charge in [0.25, 0.3) is 0 Å². The fraction of sp³-hybridized carbons (Fsp3) is 0.636. The van der Waals surface area contributed by atoms with Crippen LogP contribution >= 0.6 is 11.6 Å². The van der Waals surface area contributed by atoms with Crippen molar-refractivity contribution in [1.29, 1.82) is 0 Å². The second kappa shape index (κ2) is 4.45. The van der Waals surface area contributed by atoms with Crippen molar-refractivity contribution in [3.05, 3.63) is 23.2 Å². The molecule has 0 radical (unpaired) electrons. The van der Waals surface area contributed by atoms with E-state index >= 15 is 0 Å². The summed E-state index contributed by atoms with van der Waals surface area (Å²) < 4.78 is 0. The lowest BCUT2D eigenvalue weighted by Crippen LogP contribution is -2.27. The van der Waals surface area contributed by atoms with Gasteiger partial charge in [-0.3, -0.25) is 9.88 Å². The molecule has 1 aromatic heterocycles. The highest BCUT2D eigenvalue weighted by Crippen LogP contribution is 2.23. The van der Waals surface area contributed by atoms with Gasteiger partial charge in [0.05, 0.1) is 18.1 Å². The van der Waals surface area contributed by atoms with Crippen molar-refractivity contribution in [1.82, 2.24) is 14.9 Å². The van der Waals surface area contributed by atoms with Crippen molar-refractivity contribution < 1.29 is 0 Å². The van der Waals surface area contributed by atoms with Gasteiger partial charge in [-0.2, -0.15) is 0 Å². The van der Waals surface area contributed by atoms with Gasteiger partial charge in [-0.05, 0) is 19.3 Å². The first-order chi connectivity index (χ1) is 7.15. The third kappa shape index (κ3) is 2.67. The van der Waals surface area contributed by atoms with Gasteiger partial charge in [-0.25, -0.2) is 4.98 Å². The van der Waals surface area contributed by atoms with E-state index in [9.17, 15) is 0 Å². The molecule has 0 spiro atoms. The molecule has 0 N–H and O–H groups in total. The molecule has 1 aliphatic heterocycles. The van der Waals surface area contributed by atoms with Gasteiger partial charge in [-0.15, -0.1) is 0 Å². The summed E-state index contributed by atoms with van der Waals surface area (Å²) in [7, 11) is 0. The quantitative estimate of drug-likeness (QED) is 0.774. The lowest BCUT2D eigenvalue weighted by atomic mass is 10.1. The van der Waals surface area contributed by atoms with Crippen LogP contribution in [0.1, 0.15) is 26.0 Å². The number of halogens is 1. The first-order valence-electron chi connectivity index (χ1n) is 5.35. The molecule has 2 rings (SSSR count). The molecule has 82 valence electrons. The van der Waals surface area contributed by atoms with Crippen LogP contribution in [0.2, 0.25) is 5.15 Å². The maximum atomic E-state index is 5.69. The van der Waals surface area contributed by atoms with Gasteiger partial charge < -0.3 is 0 Å². The largest absolute Gasteiger partial charge is 0.295 e. The third-order valence-electron chi connectivity index (χ3n) is 2.95. The SMILES string of the molecule is CC1CC(C)N(Cc2cnc(Cl)cn2)C1. The van der Waals surface area contributed by atoms with Crippen molar-refractivity contribution in [2.75, 3.05) is 6.54 Å². The number of hydrogen-bond acceptors (Lipinski definition) is 3. The molecule has 3 nitrogen and oxygen atoms in total. The Morgan fingerprint density at radius 2 is 2.20 bits per heavy atom. The number of hydrogen-bond donors (Lipinski definition) is 0. The predicted octanol–water partition coefficient (Wildman–Crippen LogP) is 2.36. The topological polar surface area (TPSA) is 29.0 Å². The minimum Gasteiger partial charge on any atom is -0.295 e. The van der Waals surface area contributed by atoms with E-state index in [1.54, 1.807) is 12.4 Å². The molecule has 2 unspecified atom stereocenters. The molecule has 0 saturated carbocycles. The minimum atomic E-state index is 0.460. The van der Waals surface area contributed by atoms with Gasteiger partial charge in [0.15, 0.2) is 0 Å². The van der Waals surface area contributed by atoms with E-state index in [-0.39, 0.29) is 0 Å². The summed E-state index contributed by atoms with van der Waals surface area (Å²) in [5.41, 5.74) is 1.00. The standard InChI is InChI=1S/C11H16ClN3/c1-8-3-9(2)15(6-8)7-10-4-14-11(12)5-13-10/h4-5,8-9H,3,6-7H2,1-2H3. The molecule has 15 heavy (non-hydrogen) atoms. The molecular formula is C11H16ClN3. The van der Waals surface area contributed by atoms with Crippen LogP contribution in [0.3, 0.4) is 0 Å². The van der Waals surface area contributed by atoms with Crippen LogP contribution in [-0.2, 0) is 6.54 Å². The van der Waals surface area contributed by atoms with Crippen LogP contribution in [0.5, 0.6) is 0 Å². The average molecular weight is 226 g/mol. The summed E-state index contributed by atoms with van der Waals surface area (Å²) in [5.74, 6) is 0.792. The number of likely N-dealkylation sites (tertiary alicyclic amines) is 1. The predicted molar refractivity (Wildman–Crippen MR) is 60.7 cm³/mol. The Morgan fingerprint density at radius 3 is 2.73 bits per heavy atom. The second-order valence-corrected chi connectivity index (χ2v) is 4.84. The van der Waals surface area contributed by atoms with Crippen molar-refractivity contribution in [2.24, 2.45) is 5.92 Å². The molecule has 1 fully saturated rings. The minimum absolute atomic E-state index is 0.460. The Kier molecular flexibility index (Phi) is 3.22. The van der Waals surface area contributed by atoms with Crippen molar-refractivity contribution in [3.8, 4) is 0 Å². The number of aromatic nitrogens is 2. The lowest BCUT2D eigenvalue weighted by Gasteiger charge is -2.19. The van der Waals surface area contributed by atoms with Gasteiger partial charge in [0, 0.05) is 19.1 Å². The first-order valence-corrected chi connectivity index (χ1v) is 5.73. The first kappa shape index (κ1) is 10.8. The Bertz CT molecular complexity index is 325. The Balaban J connectivity index is 2.00. The highest BCUT2D eigenvalue weighted by molar-refractivity contribution is 6.29. The van der Waals surface area contributed by atoms with Gasteiger partial charge in [0.1, 0.15) is 5.15 Å². The fourth-order valence-corrected chi connectivity index (χ4v) is 2.33. The van der Waals surface area contributed by atoms with Crippen LogP contribution in [-0.4, -0.2) is 27.5 Å². The molecule has 1 saturated heterocycles. The van der Waals surface area contributed by atoms with Crippen molar-refractivity contribution in [2.45, 2.75) is 32.9 Å². The Hall–Kier alpha value is -0.670. The van der Waals surface area contributed by atoms with Gasteiger partial charge in [-0.1, -0.05) is 18.5 Å². The molecule has 2 heterocycles. The maximum absolute atomic E-state index is 5.69. The van der Waals surface area contributed by atoms with Crippen LogP contribution in [0, 0.1) is 5.92 Å². The molecule has 2 atom stereocenters. The van der Waals surface area contributed by atoms with Crippen LogP contribution < -0.4 is 0 Å². The van der Waals surface area contributed by atoms with E-state index < -0.39 is 0 Å². The summed E-state index contributed by atoms with van der Waals surface area (Å²) in [6.07, 6.45) is 4.65. The third-order valence-corrected chi connectivity index (χ3v) is 3.15. The lowest BCUT2D eigenvalue weighted by molar-refractivity contribution is 0.253. The molecule has 0 bridgehead atoms. The monoisotopic (exact) mass is 225 g/mol. The Morgan fingerprint density at radius 1 is 1.40 bits per heavy atom. The zero-order valence-electron chi connectivity index (χ0n) is 9.15. The van der Waals surface area contributed by atoms with Crippen molar-refractivity contribution >= 4 is 11.6 Å². The normalized spacial score (nSPS) is 27.1. The molecule has 4 heteroatoms. The van der Waals surface area contributed by atoms with Crippen molar-refractivity contribution in [3.63, 3.8) is 0 Å². The summed E-state index contributed by atoms with van der Waals surface area (Å²) in [6.45, 7) is 6.61. The smallest absolute Gasteiger partial charge is 0.147 e. The van der Waals surface area contributed by atoms with Gasteiger partial charge in [0.2, 0.25) is 0 Å². The zero-order chi connectivity index (χ0) is 10.8. The average Bonchev–Trinajstić information content (AvgIpc) is 2.49. The maximum Gasteiger partial charge on any atom is 0.147 e. The summed E-state index contributed by atoms with van der Waals surface area (Å²) >= 11 is 5.69. The Labute approximate surface area is 95.5 Å². The molecule has 1 aliphatic rings. The molecule has 0 aromatic carbocycles. The number of nitrogens with zero attached hydrogens (tertiary/aromatic N) is 3. The van der Waals surface area contributed by atoms with E-state index in [0.717, 1.165) is 24.7 Å². The van der Waals surface area contributed by atoms with Crippen LogP contribution in [0.25, 0.3) is 0 Å². The summed E-state index contributed by atoms with van der Waals surface area (Å²) in [6, 6.07) is 0.650. The summed E-state index contributed by atoms with van der Waals surface area (Å²) in [5, 5.41) is 0.460. The van der Waals surface area contributed by atoms with E-state index in [1.165, 1.54) is 6.42 Å². The fourth-order valence-electron chi connectivity index (χ4n) is 2.24. The molecular weight excluding hydrogens is 210 g/mol. The van der Waals surface area contributed by atoms with Crippen LogP contribution in [0.15, 0.2) is 12.4 Å². The second-order valence-electron chi connectivity index (χ2n) is 4.45. The molecule has 1 aromatic rings. The van der Waals surface area contributed by atoms with E-state index in [1.807, 2.05) is 0 Å².